The van der Waals surface area contributed by atoms with Crippen LogP contribution in [-0.2, 0) is 6.42 Å². The molecule has 0 saturated carbocycles. The summed E-state index contributed by atoms with van der Waals surface area (Å²) in [6.45, 7) is 2.03. The van der Waals surface area contributed by atoms with Crippen LogP contribution in [0.1, 0.15) is 30.0 Å². The summed E-state index contributed by atoms with van der Waals surface area (Å²) in [5, 5.41) is 9.13. The Labute approximate surface area is 164 Å². The van der Waals surface area contributed by atoms with Gasteiger partial charge in [0.25, 0.3) is 0 Å². The van der Waals surface area contributed by atoms with E-state index < -0.39 is 46.0 Å². The molecular formula is C23H17F5O. The Bertz CT molecular complexity index is 1050. The molecule has 6 heteroatoms. The molecule has 3 aromatic rings. The fourth-order valence-electron chi connectivity index (χ4n) is 2.98. The van der Waals surface area contributed by atoms with E-state index in [4.69, 9.17) is 5.11 Å². The van der Waals surface area contributed by atoms with Crippen molar-refractivity contribution in [2.45, 2.75) is 19.8 Å². The predicted molar refractivity (Wildman–Crippen MR) is 103 cm³/mol. The van der Waals surface area contributed by atoms with Crippen molar-refractivity contribution in [1.82, 2.24) is 0 Å². The van der Waals surface area contributed by atoms with E-state index in [1.807, 2.05) is 19.1 Å². The van der Waals surface area contributed by atoms with Gasteiger partial charge < -0.3 is 5.11 Å². The first kappa shape index (κ1) is 20.6. The molecule has 0 aromatic heterocycles. The predicted octanol–water partition coefficient (Wildman–Crippen LogP) is 7.19. The van der Waals surface area contributed by atoms with Crippen LogP contribution in [0.25, 0.3) is 22.8 Å². The van der Waals surface area contributed by atoms with Crippen LogP contribution in [0.5, 0.6) is 5.75 Å². The number of aromatic hydroxyl groups is 1. The summed E-state index contributed by atoms with van der Waals surface area (Å²) in [5.41, 5.74) is 0.0101. The third-order valence-corrected chi connectivity index (χ3v) is 4.48. The third kappa shape index (κ3) is 4.31. The maximum Gasteiger partial charge on any atom is 0.172 e. The van der Waals surface area contributed by atoms with Crippen molar-refractivity contribution < 1.29 is 27.1 Å². The Morgan fingerprint density at radius 2 is 1.38 bits per heavy atom. The van der Waals surface area contributed by atoms with E-state index in [2.05, 4.69) is 0 Å². The van der Waals surface area contributed by atoms with Crippen LogP contribution < -0.4 is 0 Å². The summed E-state index contributed by atoms with van der Waals surface area (Å²) < 4.78 is 71.1. The first-order chi connectivity index (χ1) is 13.8. The summed E-state index contributed by atoms with van der Waals surface area (Å²) in [7, 11) is 0. The van der Waals surface area contributed by atoms with Crippen molar-refractivity contribution in [2.24, 2.45) is 0 Å². The van der Waals surface area contributed by atoms with E-state index in [0.717, 1.165) is 42.7 Å². The van der Waals surface area contributed by atoms with Gasteiger partial charge in [-0.1, -0.05) is 37.6 Å². The standard InChI is InChI=1S/C23H17F5O/c1-2-3-13-4-6-14(7-5-13)16-11-18(25)21(19(26)12-16)23(28)22(27)15-8-9-20(29)17(24)10-15/h4-12,29H,2-3H2,1H3/b23-22+. The Hall–Kier alpha value is -3.15. The van der Waals surface area contributed by atoms with Crippen LogP contribution >= 0.6 is 0 Å². The van der Waals surface area contributed by atoms with Gasteiger partial charge in [-0.2, -0.15) is 0 Å². The van der Waals surface area contributed by atoms with Gasteiger partial charge in [-0.15, -0.1) is 0 Å². The monoisotopic (exact) mass is 404 g/mol. The molecule has 0 spiro atoms. The lowest BCUT2D eigenvalue weighted by molar-refractivity contribution is 0.432. The van der Waals surface area contributed by atoms with Crippen LogP contribution in [0.4, 0.5) is 22.0 Å². The number of rotatable bonds is 5. The van der Waals surface area contributed by atoms with E-state index in [1.165, 1.54) is 0 Å². The number of phenols is 1. The molecule has 0 heterocycles. The van der Waals surface area contributed by atoms with Gasteiger partial charge in [-0.25, -0.2) is 22.0 Å². The van der Waals surface area contributed by atoms with Crippen molar-refractivity contribution in [1.29, 1.82) is 0 Å². The highest BCUT2D eigenvalue weighted by Gasteiger charge is 2.21. The largest absolute Gasteiger partial charge is 0.505 e. The maximum absolute atomic E-state index is 14.5. The highest BCUT2D eigenvalue weighted by Crippen LogP contribution is 2.35. The lowest BCUT2D eigenvalue weighted by atomic mass is 9.99. The summed E-state index contributed by atoms with van der Waals surface area (Å²) >= 11 is 0. The number of hydrogen-bond acceptors (Lipinski definition) is 1. The molecule has 0 saturated heterocycles. The Morgan fingerprint density at radius 3 is 1.93 bits per heavy atom. The molecule has 1 nitrogen and oxygen atoms in total. The van der Waals surface area contributed by atoms with Crippen LogP contribution in [-0.4, -0.2) is 5.11 Å². The van der Waals surface area contributed by atoms with Gasteiger partial charge in [0.05, 0.1) is 5.56 Å². The molecule has 150 valence electrons. The second kappa shape index (κ2) is 8.47. The van der Waals surface area contributed by atoms with E-state index in [-0.39, 0.29) is 5.56 Å². The number of phenolic OH excluding ortho intramolecular Hbond substituents is 1. The van der Waals surface area contributed by atoms with Gasteiger partial charge in [-0.05, 0) is 53.4 Å². The van der Waals surface area contributed by atoms with Gasteiger partial charge in [-0.3, -0.25) is 0 Å². The molecule has 0 bridgehead atoms. The zero-order chi connectivity index (χ0) is 21.1. The zero-order valence-corrected chi connectivity index (χ0v) is 15.4. The number of aryl methyl sites for hydroxylation is 1. The van der Waals surface area contributed by atoms with E-state index >= 15 is 0 Å². The molecule has 0 aliphatic rings. The normalized spacial score (nSPS) is 12.1. The Kier molecular flexibility index (Phi) is 6.01. The average Bonchev–Trinajstić information content (AvgIpc) is 2.69. The van der Waals surface area contributed by atoms with Gasteiger partial charge in [0, 0.05) is 5.56 Å². The molecule has 0 aliphatic heterocycles. The topological polar surface area (TPSA) is 20.2 Å². The number of halogens is 5. The number of hydrogen-bond donors (Lipinski definition) is 1. The van der Waals surface area contributed by atoms with Crippen LogP contribution in [0.2, 0.25) is 0 Å². The van der Waals surface area contributed by atoms with Gasteiger partial charge in [0.2, 0.25) is 0 Å². The van der Waals surface area contributed by atoms with Crippen molar-refractivity contribution in [3.05, 3.63) is 88.7 Å². The van der Waals surface area contributed by atoms with Crippen molar-refractivity contribution >= 4 is 11.7 Å². The highest BCUT2D eigenvalue weighted by molar-refractivity contribution is 5.84. The van der Waals surface area contributed by atoms with Crippen LogP contribution in [0.3, 0.4) is 0 Å². The lowest BCUT2D eigenvalue weighted by Crippen LogP contribution is -1.96. The molecule has 1 N–H and O–H groups in total. The number of benzene rings is 3. The van der Waals surface area contributed by atoms with Gasteiger partial charge in [0.1, 0.15) is 11.6 Å². The first-order valence-electron chi connectivity index (χ1n) is 8.94. The summed E-state index contributed by atoms with van der Waals surface area (Å²) in [4.78, 5) is 0. The minimum atomic E-state index is -1.80. The molecular weight excluding hydrogens is 387 g/mol. The third-order valence-electron chi connectivity index (χ3n) is 4.48. The zero-order valence-electron chi connectivity index (χ0n) is 15.4. The second-order valence-corrected chi connectivity index (χ2v) is 6.56. The Morgan fingerprint density at radius 1 is 0.759 bits per heavy atom. The molecule has 0 radical (unpaired) electrons. The van der Waals surface area contributed by atoms with Crippen molar-refractivity contribution in [3.8, 4) is 16.9 Å². The fourth-order valence-corrected chi connectivity index (χ4v) is 2.98. The fraction of sp³-hybridized carbons (Fsp3) is 0.130. The Balaban J connectivity index is 2.01. The molecule has 3 aromatic carbocycles. The second-order valence-electron chi connectivity index (χ2n) is 6.56. The van der Waals surface area contributed by atoms with Crippen LogP contribution in [0, 0.1) is 17.5 Å². The molecule has 29 heavy (non-hydrogen) atoms. The molecule has 0 amide bonds. The van der Waals surface area contributed by atoms with Crippen LogP contribution in [0.15, 0.2) is 54.6 Å². The lowest BCUT2D eigenvalue weighted by Gasteiger charge is -2.09. The molecule has 0 atom stereocenters. The smallest absolute Gasteiger partial charge is 0.172 e. The molecule has 0 fully saturated rings. The highest BCUT2D eigenvalue weighted by atomic mass is 19.2. The van der Waals surface area contributed by atoms with Gasteiger partial charge >= 0.3 is 0 Å². The van der Waals surface area contributed by atoms with Gasteiger partial charge in [0.15, 0.2) is 23.2 Å². The van der Waals surface area contributed by atoms with Crippen molar-refractivity contribution in [3.63, 3.8) is 0 Å². The van der Waals surface area contributed by atoms with E-state index in [9.17, 15) is 22.0 Å². The van der Waals surface area contributed by atoms with Crippen molar-refractivity contribution in [2.75, 3.05) is 0 Å². The summed E-state index contributed by atoms with van der Waals surface area (Å²) in [5.74, 6) is -7.95. The van der Waals surface area contributed by atoms with E-state index in [0.29, 0.717) is 11.6 Å². The van der Waals surface area contributed by atoms with E-state index in [1.54, 1.807) is 12.1 Å². The maximum atomic E-state index is 14.5. The average molecular weight is 404 g/mol. The molecule has 0 aliphatic carbocycles. The minimum absolute atomic E-state index is 0.177. The first-order valence-corrected chi connectivity index (χ1v) is 8.94. The summed E-state index contributed by atoms with van der Waals surface area (Å²) in [6.07, 6.45) is 1.83. The summed E-state index contributed by atoms with van der Waals surface area (Å²) in [6, 6.07) is 11.1. The molecule has 3 rings (SSSR count). The SMILES string of the molecule is CCCc1ccc(-c2cc(F)c(/C(F)=C(\F)c3ccc(O)c(F)c3)c(F)c2)cc1. The quantitative estimate of drug-likeness (QED) is 0.352. The molecule has 0 unspecified atom stereocenters. The minimum Gasteiger partial charge on any atom is -0.505 e.